The number of likely N-dealkylation sites (N-methyl/N-ethyl adjacent to an activating group) is 1. The van der Waals surface area contributed by atoms with Gasteiger partial charge in [-0.3, -0.25) is 4.79 Å². The molecule has 0 heterocycles. The zero-order valence-electron chi connectivity index (χ0n) is 13.0. The van der Waals surface area contributed by atoms with Gasteiger partial charge in [0.05, 0.1) is 6.54 Å². The SMILES string of the molecule is CN(CCOc1ccc(Cl)cc1)C(=O)CCc1ccccc1O. The molecule has 0 bridgehead atoms. The summed E-state index contributed by atoms with van der Waals surface area (Å²) in [6.07, 6.45) is 0.878. The van der Waals surface area contributed by atoms with Crippen LogP contribution in [0, 0.1) is 0 Å². The minimum atomic E-state index is 0.0213. The van der Waals surface area contributed by atoms with E-state index < -0.39 is 0 Å². The lowest BCUT2D eigenvalue weighted by molar-refractivity contribution is -0.130. The Balaban J connectivity index is 1.72. The average molecular weight is 334 g/mol. The van der Waals surface area contributed by atoms with Crippen molar-refractivity contribution in [2.75, 3.05) is 20.2 Å². The maximum Gasteiger partial charge on any atom is 0.222 e. The minimum Gasteiger partial charge on any atom is -0.508 e. The second-order valence-corrected chi connectivity index (χ2v) is 5.68. The normalized spacial score (nSPS) is 10.3. The van der Waals surface area contributed by atoms with Crippen LogP contribution in [0.15, 0.2) is 48.5 Å². The highest BCUT2D eigenvalue weighted by Gasteiger charge is 2.10. The van der Waals surface area contributed by atoms with Crippen LogP contribution < -0.4 is 4.74 Å². The van der Waals surface area contributed by atoms with Gasteiger partial charge in [-0.1, -0.05) is 29.8 Å². The summed E-state index contributed by atoms with van der Waals surface area (Å²) in [4.78, 5) is 13.7. The molecule has 4 nitrogen and oxygen atoms in total. The van der Waals surface area contributed by atoms with Gasteiger partial charge >= 0.3 is 0 Å². The van der Waals surface area contributed by atoms with Gasteiger partial charge in [0, 0.05) is 18.5 Å². The van der Waals surface area contributed by atoms with Gasteiger partial charge in [-0.2, -0.15) is 0 Å². The summed E-state index contributed by atoms with van der Waals surface area (Å²) in [7, 11) is 1.75. The molecule has 0 aliphatic carbocycles. The molecule has 0 saturated heterocycles. The van der Waals surface area contributed by atoms with Crippen LogP contribution in [-0.4, -0.2) is 36.1 Å². The summed E-state index contributed by atoms with van der Waals surface area (Å²) in [5.41, 5.74) is 0.784. The fraction of sp³-hybridized carbons (Fsp3) is 0.278. The number of hydrogen-bond acceptors (Lipinski definition) is 3. The van der Waals surface area contributed by atoms with Crippen LogP contribution in [0.5, 0.6) is 11.5 Å². The average Bonchev–Trinajstić information content (AvgIpc) is 2.55. The molecule has 5 heteroatoms. The predicted molar refractivity (Wildman–Crippen MR) is 91.0 cm³/mol. The molecular formula is C18H20ClNO3. The molecule has 1 amide bonds. The van der Waals surface area contributed by atoms with E-state index in [0.29, 0.717) is 31.0 Å². The number of hydrogen-bond donors (Lipinski definition) is 1. The highest BCUT2D eigenvalue weighted by molar-refractivity contribution is 6.30. The van der Waals surface area contributed by atoms with Crippen LogP contribution in [0.25, 0.3) is 0 Å². The molecule has 2 aromatic carbocycles. The number of phenolic OH excluding ortho intramolecular Hbond substituents is 1. The third-order valence-electron chi connectivity index (χ3n) is 3.53. The molecule has 0 aromatic heterocycles. The lowest BCUT2D eigenvalue weighted by atomic mass is 10.1. The van der Waals surface area contributed by atoms with Crippen molar-refractivity contribution in [1.29, 1.82) is 0 Å². The Morgan fingerprint density at radius 1 is 1.17 bits per heavy atom. The topological polar surface area (TPSA) is 49.8 Å². The quantitative estimate of drug-likeness (QED) is 0.843. The highest BCUT2D eigenvalue weighted by Crippen LogP contribution is 2.18. The van der Waals surface area contributed by atoms with Crippen LogP contribution in [0.4, 0.5) is 0 Å². The zero-order valence-corrected chi connectivity index (χ0v) is 13.8. The van der Waals surface area contributed by atoms with E-state index in [0.717, 1.165) is 11.3 Å². The number of carbonyl (C=O) groups is 1. The molecular weight excluding hydrogens is 314 g/mol. The molecule has 0 aliphatic rings. The lowest BCUT2D eigenvalue weighted by Gasteiger charge is -2.17. The number of phenols is 1. The first kappa shape index (κ1) is 17.2. The van der Waals surface area contributed by atoms with Crippen molar-refractivity contribution in [3.8, 4) is 11.5 Å². The Morgan fingerprint density at radius 3 is 2.57 bits per heavy atom. The molecule has 0 fully saturated rings. The molecule has 0 spiro atoms. The fourth-order valence-corrected chi connectivity index (χ4v) is 2.24. The fourth-order valence-electron chi connectivity index (χ4n) is 2.11. The van der Waals surface area contributed by atoms with Crippen LogP contribution in [0.2, 0.25) is 5.02 Å². The highest BCUT2D eigenvalue weighted by atomic mass is 35.5. The Hall–Kier alpha value is -2.20. The van der Waals surface area contributed by atoms with Crippen molar-refractivity contribution in [3.05, 3.63) is 59.1 Å². The van der Waals surface area contributed by atoms with Crippen LogP contribution >= 0.6 is 11.6 Å². The van der Waals surface area contributed by atoms with Gasteiger partial charge in [0.1, 0.15) is 18.1 Å². The molecule has 2 aromatic rings. The van der Waals surface area contributed by atoms with E-state index in [2.05, 4.69) is 0 Å². The van der Waals surface area contributed by atoms with E-state index in [1.807, 2.05) is 12.1 Å². The zero-order chi connectivity index (χ0) is 16.7. The molecule has 122 valence electrons. The summed E-state index contributed by atoms with van der Waals surface area (Å²) in [6.45, 7) is 0.919. The predicted octanol–water partition coefficient (Wildman–Crippen LogP) is 3.52. The summed E-state index contributed by atoms with van der Waals surface area (Å²) < 4.78 is 5.57. The first-order valence-corrected chi connectivity index (χ1v) is 7.83. The molecule has 0 saturated carbocycles. The standard InChI is InChI=1S/C18H20ClNO3/c1-20(12-13-23-16-9-7-15(19)8-10-16)18(22)11-6-14-4-2-3-5-17(14)21/h2-5,7-10,21H,6,11-13H2,1H3. The smallest absolute Gasteiger partial charge is 0.222 e. The van der Waals surface area contributed by atoms with Crippen molar-refractivity contribution in [3.63, 3.8) is 0 Å². The van der Waals surface area contributed by atoms with Crippen LogP contribution in [-0.2, 0) is 11.2 Å². The van der Waals surface area contributed by atoms with E-state index in [1.165, 1.54) is 0 Å². The van der Waals surface area contributed by atoms with Crippen molar-refractivity contribution in [2.24, 2.45) is 0 Å². The van der Waals surface area contributed by atoms with Gasteiger partial charge in [0.25, 0.3) is 0 Å². The first-order chi connectivity index (χ1) is 11.1. The van der Waals surface area contributed by atoms with Gasteiger partial charge in [-0.25, -0.2) is 0 Å². The van der Waals surface area contributed by atoms with Crippen molar-refractivity contribution in [2.45, 2.75) is 12.8 Å². The Bertz CT molecular complexity index is 643. The van der Waals surface area contributed by atoms with Gasteiger partial charge in [0.15, 0.2) is 0 Å². The molecule has 2 rings (SSSR count). The van der Waals surface area contributed by atoms with E-state index in [4.69, 9.17) is 16.3 Å². The number of amides is 1. The number of ether oxygens (including phenoxy) is 1. The Kier molecular flexibility index (Phi) is 6.29. The summed E-state index contributed by atoms with van der Waals surface area (Å²) >= 11 is 5.81. The first-order valence-electron chi connectivity index (χ1n) is 7.45. The number of rotatable bonds is 7. The largest absolute Gasteiger partial charge is 0.508 e. The monoisotopic (exact) mass is 333 g/mol. The third kappa shape index (κ3) is 5.49. The van der Waals surface area contributed by atoms with E-state index >= 15 is 0 Å². The Morgan fingerprint density at radius 2 is 1.87 bits per heavy atom. The molecule has 0 unspecified atom stereocenters. The molecule has 1 N–H and O–H groups in total. The molecule has 0 atom stereocenters. The molecule has 0 radical (unpaired) electrons. The lowest BCUT2D eigenvalue weighted by Crippen LogP contribution is -2.31. The van der Waals surface area contributed by atoms with Gasteiger partial charge < -0.3 is 14.7 Å². The summed E-state index contributed by atoms with van der Waals surface area (Å²) in [6, 6.07) is 14.2. The van der Waals surface area contributed by atoms with E-state index in [9.17, 15) is 9.90 Å². The van der Waals surface area contributed by atoms with E-state index in [-0.39, 0.29) is 11.7 Å². The van der Waals surface area contributed by atoms with Gasteiger partial charge in [-0.05, 0) is 42.3 Å². The maximum absolute atomic E-state index is 12.1. The number of nitrogens with zero attached hydrogens (tertiary/aromatic N) is 1. The summed E-state index contributed by atoms with van der Waals surface area (Å²) in [5.74, 6) is 0.978. The van der Waals surface area contributed by atoms with E-state index in [1.54, 1.807) is 48.3 Å². The number of carbonyl (C=O) groups excluding carboxylic acids is 1. The second kappa shape index (κ2) is 8.44. The maximum atomic E-state index is 12.1. The minimum absolute atomic E-state index is 0.0213. The third-order valence-corrected chi connectivity index (χ3v) is 3.79. The number of aryl methyl sites for hydroxylation is 1. The summed E-state index contributed by atoms with van der Waals surface area (Å²) in [5, 5.41) is 10.4. The van der Waals surface area contributed by atoms with Crippen LogP contribution in [0.1, 0.15) is 12.0 Å². The van der Waals surface area contributed by atoms with Crippen molar-refractivity contribution >= 4 is 17.5 Å². The number of aromatic hydroxyl groups is 1. The van der Waals surface area contributed by atoms with Crippen molar-refractivity contribution in [1.82, 2.24) is 4.90 Å². The number of para-hydroxylation sites is 1. The number of halogens is 1. The second-order valence-electron chi connectivity index (χ2n) is 5.25. The molecule has 23 heavy (non-hydrogen) atoms. The number of benzene rings is 2. The van der Waals surface area contributed by atoms with Crippen molar-refractivity contribution < 1.29 is 14.6 Å². The van der Waals surface area contributed by atoms with Gasteiger partial charge in [-0.15, -0.1) is 0 Å². The Labute approximate surface area is 141 Å². The van der Waals surface area contributed by atoms with Gasteiger partial charge in [0.2, 0.25) is 5.91 Å². The van der Waals surface area contributed by atoms with Crippen LogP contribution in [0.3, 0.4) is 0 Å². The molecule has 0 aliphatic heterocycles.